The van der Waals surface area contributed by atoms with Crippen molar-refractivity contribution in [2.75, 3.05) is 0 Å². The van der Waals surface area contributed by atoms with Gasteiger partial charge in [0.25, 0.3) is 0 Å². The molecule has 2 aromatic carbocycles. The number of fused-ring (bicyclic) bond motifs is 1. The third kappa shape index (κ3) is 2.19. The number of nitrogens with two attached hydrogens (primary N) is 1. The molecule has 0 aliphatic rings. The van der Waals surface area contributed by atoms with Crippen molar-refractivity contribution >= 4 is 10.8 Å². The molecule has 96 valence electrons. The molecule has 3 heteroatoms. The Morgan fingerprint density at radius 2 is 1.61 bits per heavy atom. The number of aromatic hydroxyl groups is 1. The van der Waals surface area contributed by atoms with Gasteiger partial charge in [-0.25, -0.2) is 0 Å². The number of aliphatic hydroxyl groups excluding tert-OH is 1. The van der Waals surface area contributed by atoms with Gasteiger partial charge in [0.15, 0.2) is 0 Å². The molecule has 0 bridgehead atoms. The summed E-state index contributed by atoms with van der Waals surface area (Å²) in [5.41, 5.74) is 6.99. The number of phenols is 1. The second-order valence-electron chi connectivity index (χ2n) is 4.98. The molecule has 0 spiro atoms. The topological polar surface area (TPSA) is 66.5 Å². The van der Waals surface area contributed by atoms with Crippen molar-refractivity contribution in [3.63, 3.8) is 0 Å². The summed E-state index contributed by atoms with van der Waals surface area (Å²) < 4.78 is 0. The van der Waals surface area contributed by atoms with Gasteiger partial charge in [-0.1, -0.05) is 44.2 Å². The van der Waals surface area contributed by atoms with E-state index < -0.39 is 12.1 Å². The molecular formula is C15H19NO2. The number of benzene rings is 2. The van der Waals surface area contributed by atoms with Gasteiger partial charge < -0.3 is 15.9 Å². The fourth-order valence-electron chi connectivity index (χ4n) is 2.20. The van der Waals surface area contributed by atoms with Crippen molar-refractivity contribution in [1.82, 2.24) is 0 Å². The Morgan fingerprint density at radius 1 is 1.00 bits per heavy atom. The molecule has 0 aliphatic heterocycles. The third-order valence-corrected chi connectivity index (χ3v) is 3.34. The summed E-state index contributed by atoms with van der Waals surface area (Å²) in [6, 6.07) is 10.5. The van der Waals surface area contributed by atoms with Crippen LogP contribution in [0.5, 0.6) is 5.75 Å². The molecule has 0 saturated heterocycles. The Morgan fingerprint density at radius 3 is 2.22 bits per heavy atom. The summed E-state index contributed by atoms with van der Waals surface area (Å²) >= 11 is 0. The zero-order valence-corrected chi connectivity index (χ0v) is 10.7. The van der Waals surface area contributed by atoms with Gasteiger partial charge in [-0.05, 0) is 22.9 Å². The van der Waals surface area contributed by atoms with Crippen molar-refractivity contribution in [3.8, 4) is 5.75 Å². The largest absolute Gasteiger partial charge is 0.507 e. The summed E-state index contributed by atoms with van der Waals surface area (Å²) in [5, 5.41) is 21.6. The van der Waals surface area contributed by atoms with Crippen LogP contribution in [-0.4, -0.2) is 16.3 Å². The lowest BCUT2D eigenvalue weighted by Gasteiger charge is -2.23. The smallest absolute Gasteiger partial charge is 0.123 e. The molecule has 0 radical (unpaired) electrons. The molecule has 2 aromatic rings. The molecule has 2 rings (SSSR count). The molecule has 18 heavy (non-hydrogen) atoms. The Balaban J connectivity index is 2.55. The van der Waals surface area contributed by atoms with E-state index in [1.54, 1.807) is 12.1 Å². The summed E-state index contributed by atoms with van der Waals surface area (Å²) in [7, 11) is 0. The van der Waals surface area contributed by atoms with Crippen LogP contribution in [0.25, 0.3) is 10.8 Å². The van der Waals surface area contributed by atoms with Crippen LogP contribution < -0.4 is 5.73 Å². The predicted octanol–water partition coefficient (Wildman–Crippen LogP) is 2.56. The Kier molecular flexibility index (Phi) is 3.55. The maximum atomic E-state index is 10.1. The monoisotopic (exact) mass is 245 g/mol. The maximum Gasteiger partial charge on any atom is 0.123 e. The fraction of sp³-hybridized carbons (Fsp3) is 0.333. The van der Waals surface area contributed by atoms with Crippen LogP contribution in [-0.2, 0) is 0 Å². The van der Waals surface area contributed by atoms with Gasteiger partial charge in [0.2, 0.25) is 0 Å². The zero-order chi connectivity index (χ0) is 13.3. The van der Waals surface area contributed by atoms with Gasteiger partial charge in [-0.15, -0.1) is 0 Å². The minimum absolute atomic E-state index is 0.0903. The lowest BCUT2D eigenvalue weighted by atomic mass is 9.91. The minimum Gasteiger partial charge on any atom is -0.507 e. The summed E-state index contributed by atoms with van der Waals surface area (Å²) in [6.45, 7) is 3.88. The quantitative estimate of drug-likeness (QED) is 0.778. The molecule has 0 heterocycles. The van der Waals surface area contributed by atoms with Crippen molar-refractivity contribution in [2.24, 2.45) is 11.7 Å². The minimum atomic E-state index is -0.599. The molecule has 2 atom stereocenters. The first-order chi connectivity index (χ1) is 8.52. The molecule has 0 aliphatic carbocycles. The van der Waals surface area contributed by atoms with E-state index in [1.165, 1.54) is 0 Å². The first kappa shape index (κ1) is 12.9. The SMILES string of the molecule is CC(C)[C@@H](O)[C@@H](N)c1ccc(O)c2ccccc12. The lowest BCUT2D eigenvalue weighted by Crippen LogP contribution is -2.30. The van der Waals surface area contributed by atoms with Gasteiger partial charge in [0, 0.05) is 5.39 Å². The van der Waals surface area contributed by atoms with Crippen molar-refractivity contribution in [2.45, 2.75) is 26.0 Å². The molecule has 3 nitrogen and oxygen atoms in total. The predicted molar refractivity (Wildman–Crippen MR) is 73.4 cm³/mol. The van der Waals surface area contributed by atoms with Crippen LogP contribution in [0.1, 0.15) is 25.5 Å². The van der Waals surface area contributed by atoms with E-state index in [0.29, 0.717) is 0 Å². The van der Waals surface area contributed by atoms with Crippen LogP contribution in [0.4, 0.5) is 0 Å². The molecule has 0 amide bonds. The summed E-state index contributed by atoms with van der Waals surface area (Å²) in [6.07, 6.45) is -0.599. The summed E-state index contributed by atoms with van der Waals surface area (Å²) in [4.78, 5) is 0. The van der Waals surface area contributed by atoms with E-state index in [2.05, 4.69) is 0 Å². The highest BCUT2D eigenvalue weighted by atomic mass is 16.3. The van der Waals surface area contributed by atoms with Gasteiger partial charge in [-0.2, -0.15) is 0 Å². The highest BCUT2D eigenvalue weighted by Gasteiger charge is 2.22. The van der Waals surface area contributed by atoms with E-state index in [-0.39, 0.29) is 11.7 Å². The number of hydrogen-bond acceptors (Lipinski definition) is 3. The van der Waals surface area contributed by atoms with E-state index in [0.717, 1.165) is 16.3 Å². The van der Waals surface area contributed by atoms with E-state index in [1.807, 2.05) is 38.1 Å². The second-order valence-corrected chi connectivity index (χ2v) is 4.98. The van der Waals surface area contributed by atoms with E-state index >= 15 is 0 Å². The van der Waals surface area contributed by atoms with Crippen LogP contribution in [0.3, 0.4) is 0 Å². The van der Waals surface area contributed by atoms with Crippen LogP contribution in [0.15, 0.2) is 36.4 Å². The fourth-order valence-corrected chi connectivity index (χ4v) is 2.20. The van der Waals surface area contributed by atoms with Gasteiger partial charge in [0.05, 0.1) is 12.1 Å². The molecule has 0 aromatic heterocycles. The molecule has 0 saturated carbocycles. The maximum absolute atomic E-state index is 10.1. The van der Waals surface area contributed by atoms with Crippen molar-refractivity contribution < 1.29 is 10.2 Å². The molecule has 0 unspecified atom stereocenters. The van der Waals surface area contributed by atoms with Gasteiger partial charge >= 0.3 is 0 Å². The number of rotatable bonds is 3. The first-order valence-corrected chi connectivity index (χ1v) is 6.16. The highest BCUT2D eigenvalue weighted by Crippen LogP contribution is 2.32. The Hall–Kier alpha value is -1.58. The average Bonchev–Trinajstić information content (AvgIpc) is 2.38. The molecule has 4 N–H and O–H groups in total. The third-order valence-electron chi connectivity index (χ3n) is 3.34. The van der Waals surface area contributed by atoms with E-state index in [4.69, 9.17) is 5.73 Å². The Labute approximate surface area is 107 Å². The van der Waals surface area contributed by atoms with Crippen molar-refractivity contribution in [1.29, 1.82) is 0 Å². The van der Waals surface area contributed by atoms with Crippen LogP contribution in [0.2, 0.25) is 0 Å². The van der Waals surface area contributed by atoms with Gasteiger partial charge in [-0.3, -0.25) is 0 Å². The normalized spacial score (nSPS) is 14.9. The number of phenolic OH excluding ortho intramolecular Hbond substituents is 1. The average molecular weight is 245 g/mol. The molecular weight excluding hydrogens is 226 g/mol. The summed E-state index contributed by atoms with van der Waals surface area (Å²) in [5.74, 6) is 0.327. The van der Waals surface area contributed by atoms with Crippen molar-refractivity contribution in [3.05, 3.63) is 42.0 Å². The van der Waals surface area contributed by atoms with E-state index in [9.17, 15) is 10.2 Å². The zero-order valence-electron chi connectivity index (χ0n) is 10.7. The van der Waals surface area contributed by atoms with Crippen LogP contribution in [0, 0.1) is 5.92 Å². The van der Waals surface area contributed by atoms with Gasteiger partial charge in [0.1, 0.15) is 5.75 Å². The van der Waals surface area contributed by atoms with Crippen LogP contribution >= 0.6 is 0 Å². The number of aliphatic hydroxyl groups is 1. The highest BCUT2D eigenvalue weighted by molar-refractivity contribution is 5.91. The lowest BCUT2D eigenvalue weighted by molar-refractivity contribution is 0.0984. The number of hydrogen-bond donors (Lipinski definition) is 3. The second kappa shape index (κ2) is 4.96. The standard InChI is InChI=1S/C15H19NO2/c1-9(2)15(18)14(16)12-7-8-13(17)11-6-4-3-5-10(11)12/h3-9,14-15,17-18H,16H2,1-2H3/t14-,15+/m0/s1. The Bertz CT molecular complexity index is 551. The molecule has 0 fully saturated rings. The first-order valence-electron chi connectivity index (χ1n) is 6.16.